The number of hydrogen-bond donors (Lipinski definition) is 2. The van der Waals surface area contributed by atoms with Crippen molar-refractivity contribution in [3.8, 4) is 5.75 Å². The van der Waals surface area contributed by atoms with Crippen LogP contribution < -0.4 is 10.6 Å². The number of thiazole rings is 1. The second-order valence-electron chi connectivity index (χ2n) is 3.71. The molecule has 0 spiro atoms. The van der Waals surface area contributed by atoms with Gasteiger partial charge in [-0.15, -0.1) is 16.4 Å². The van der Waals surface area contributed by atoms with E-state index in [2.05, 4.69) is 42.1 Å². The average molecular weight is 406 g/mol. The van der Waals surface area contributed by atoms with Crippen molar-refractivity contribution in [1.29, 1.82) is 0 Å². The first kappa shape index (κ1) is 14.3. The summed E-state index contributed by atoms with van der Waals surface area (Å²) in [5, 5.41) is 19.5. The Morgan fingerprint density at radius 1 is 1.37 bits per heavy atom. The van der Waals surface area contributed by atoms with Gasteiger partial charge < -0.3 is 10.9 Å². The molecule has 1 aromatic carbocycles. The number of nitrogens with zero attached hydrogens (tertiary/aromatic N) is 3. The summed E-state index contributed by atoms with van der Waals surface area (Å²) in [6, 6.07) is 3.49. The molecule has 100 valence electrons. The van der Waals surface area contributed by atoms with Gasteiger partial charge in [0.25, 0.3) is 0 Å². The fourth-order valence-electron chi connectivity index (χ4n) is 1.28. The van der Waals surface area contributed by atoms with E-state index in [1.54, 1.807) is 18.3 Å². The maximum Gasteiger partial charge on any atom is 0.229 e. The van der Waals surface area contributed by atoms with Gasteiger partial charge in [0, 0.05) is 11.1 Å². The lowest BCUT2D eigenvalue weighted by molar-refractivity contribution is 0.468. The van der Waals surface area contributed by atoms with E-state index in [-0.39, 0.29) is 5.75 Å². The molecular formula is C11H10Br2N4OS. The van der Waals surface area contributed by atoms with Gasteiger partial charge in [0.2, 0.25) is 4.80 Å². The van der Waals surface area contributed by atoms with Gasteiger partial charge >= 0.3 is 0 Å². The van der Waals surface area contributed by atoms with Gasteiger partial charge in [-0.2, -0.15) is 5.10 Å². The quantitative estimate of drug-likeness (QED) is 0.457. The highest BCUT2D eigenvalue weighted by molar-refractivity contribution is 9.11. The molecular weight excluding hydrogens is 396 g/mol. The highest BCUT2D eigenvalue weighted by Gasteiger charge is 2.04. The molecule has 2 rings (SSSR count). The van der Waals surface area contributed by atoms with Crippen molar-refractivity contribution in [2.24, 2.45) is 10.2 Å². The smallest absolute Gasteiger partial charge is 0.229 e. The lowest BCUT2D eigenvalue weighted by Crippen LogP contribution is -2.23. The van der Waals surface area contributed by atoms with Crippen LogP contribution in [0.2, 0.25) is 0 Å². The molecule has 0 aliphatic rings. The number of phenols is 1. The zero-order chi connectivity index (χ0) is 14.0. The number of rotatable bonds is 2. The third-order valence-corrected chi connectivity index (χ3v) is 4.47. The molecule has 2 aromatic rings. The average Bonchev–Trinajstić information content (AvgIpc) is 2.68. The summed E-state index contributed by atoms with van der Waals surface area (Å²) in [5.74, 6) is 5.92. The molecule has 0 unspecified atom stereocenters. The topological polar surface area (TPSA) is 75.9 Å². The molecule has 19 heavy (non-hydrogen) atoms. The monoisotopic (exact) mass is 404 g/mol. The Kier molecular flexibility index (Phi) is 4.43. The van der Waals surface area contributed by atoms with Gasteiger partial charge in [0.05, 0.1) is 15.2 Å². The first-order chi connectivity index (χ1) is 8.99. The number of hydrogen-bond acceptors (Lipinski definition) is 5. The molecule has 3 N–H and O–H groups in total. The van der Waals surface area contributed by atoms with Crippen LogP contribution in [-0.4, -0.2) is 16.0 Å². The van der Waals surface area contributed by atoms with E-state index >= 15 is 0 Å². The number of phenolic OH excluding ortho intramolecular Hbond substituents is 1. The normalized spacial score (nSPS) is 12.5. The zero-order valence-corrected chi connectivity index (χ0v) is 13.8. The van der Waals surface area contributed by atoms with Gasteiger partial charge in [0.1, 0.15) is 5.75 Å². The molecule has 1 heterocycles. The van der Waals surface area contributed by atoms with Crippen molar-refractivity contribution in [2.75, 3.05) is 5.84 Å². The van der Waals surface area contributed by atoms with Crippen LogP contribution in [0.1, 0.15) is 11.3 Å². The summed E-state index contributed by atoms with van der Waals surface area (Å²) in [5.41, 5.74) is 1.73. The molecule has 0 aliphatic carbocycles. The summed E-state index contributed by atoms with van der Waals surface area (Å²) in [7, 11) is 0. The number of aryl methyl sites for hydroxylation is 1. The largest absolute Gasteiger partial charge is 0.506 e. The number of aromatic hydroxyl groups is 1. The van der Waals surface area contributed by atoms with Crippen molar-refractivity contribution >= 4 is 49.4 Å². The lowest BCUT2D eigenvalue weighted by atomic mass is 10.2. The van der Waals surface area contributed by atoms with Crippen molar-refractivity contribution in [3.63, 3.8) is 0 Å². The van der Waals surface area contributed by atoms with Gasteiger partial charge in [0.15, 0.2) is 0 Å². The molecule has 0 amide bonds. The Morgan fingerprint density at radius 2 is 2.00 bits per heavy atom. The third kappa shape index (κ3) is 3.26. The van der Waals surface area contributed by atoms with Gasteiger partial charge in [-0.25, -0.2) is 4.68 Å². The van der Waals surface area contributed by atoms with Crippen molar-refractivity contribution in [1.82, 2.24) is 4.68 Å². The summed E-state index contributed by atoms with van der Waals surface area (Å²) in [6.45, 7) is 1.90. The van der Waals surface area contributed by atoms with E-state index in [1.807, 2.05) is 12.3 Å². The fraction of sp³-hybridized carbons (Fsp3) is 0.0909. The number of aromatic nitrogens is 1. The molecule has 0 aliphatic heterocycles. The van der Waals surface area contributed by atoms with Crippen LogP contribution in [0.25, 0.3) is 0 Å². The van der Waals surface area contributed by atoms with Crippen LogP contribution in [0.3, 0.4) is 0 Å². The fourth-order valence-corrected chi connectivity index (χ4v) is 3.24. The highest BCUT2D eigenvalue weighted by Crippen LogP contribution is 2.32. The maximum atomic E-state index is 9.59. The summed E-state index contributed by atoms with van der Waals surface area (Å²) in [6.07, 6.45) is 1.59. The van der Waals surface area contributed by atoms with E-state index in [0.29, 0.717) is 13.7 Å². The molecule has 5 nitrogen and oxygen atoms in total. The van der Waals surface area contributed by atoms with Crippen LogP contribution in [0, 0.1) is 6.92 Å². The second kappa shape index (κ2) is 5.89. The third-order valence-electron chi connectivity index (χ3n) is 2.31. The van der Waals surface area contributed by atoms with Crippen LogP contribution in [0.15, 0.2) is 36.7 Å². The number of halogens is 2. The van der Waals surface area contributed by atoms with E-state index < -0.39 is 0 Å². The van der Waals surface area contributed by atoms with Crippen LogP contribution in [-0.2, 0) is 0 Å². The molecule has 0 fully saturated rings. The Bertz CT molecular complexity index is 682. The second-order valence-corrected chi connectivity index (χ2v) is 6.25. The van der Waals surface area contributed by atoms with Gasteiger partial charge in [-0.1, -0.05) is 0 Å². The molecule has 8 heteroatoms. The molecule has 0 saturated heterocycles. The Morgan fingerprint density at radius 3 is 2.53 bits per heavy atom. The molecule has 0 saturated carbocycles. The molecule has 0 bridgehead atoms. The number of nitrogens with two attached hydrogens (primary N) is 1. The predicted molar refractivity (Wildman–Crippen MR) is 83.9 cm³/mol. The SMILES string of the molecule is Cc1csc(=N/N=C/c2cc(Br)c(O)c(Br)c2)n1N. The standard InChI is InChI=1S/C11H10Br2N4OS/c1-6-5-19-11(17(6)14)16-15-4-7-2-8(12)10(18)9(13)3-7/h2-5,18H,14H2,1H3/b15-4+,16-11?. The van der Waals surface area contributed by atoms with E-state index in [4.69, 9.17) is 5.84 Å². The Hall–Kier alpha value is -1.12. The van der Waals surface area contributed by atoms with Crippen LogP contribution >= 0.6 is 43.2 Å². The number of benzene rings is 1. The van der Waals surface area contributed by atoms with E-state index in [0.717, 1.165) is 11.3 Å². The van der Waals surface area contributed by atoms with Crippen molar-refractivity contribution in [3.05, 3.63) is 42.5 Å². The first-order valence-corrected chi connectivity index (χ1v) is 7.63. The number of nitrogen functional groups attached to an aromatic ring is 1. The minimum absolute atomic E-state index is 0.155. The van der Waals surface area contributed by atoms with E-state index in [1.165, 1.54) is 16.0 Å². The molecule has 0 atom stereocenters. The first-order valence-electron chi connectivity index (χ1n) is 5.16. The van der Waals surface area contributed by atoms with Crippen molar-refractivity contribution < 1.29 is 5.11 Å². The lowest BCUT2D eigenvalue weighted by Gasteiger charge is -2.01. The Balaban J connectivity index is 2.29. The van der Waals surface area contributed by atoms with Gasteiger partial charge in [-0.05, 0) is 56.5 Å². The van der Waals surface area contributed by atoms with Gasteiger partial charge in [-0.3, -0.25) is 0 Å². The summed E-state index contributed by atoms with van der Waals surface area (Å²) in [4.78, 5) is 0.616. The highest BCUT2D eigenvalue weighted by atomic mass is 79.9. The van der Waals surface area contributed by atoms with Crippen molar-refractivity contribution in [2.45, 2.75) is 6.92 Å². The maximum absolute atomic E-state index is 9.59. The van der Waals surface area contributed by atoms with Crippen LogP contribution in [0.4, 0.5) is 0 Å². The van der Waals surface area contributed by atoms with E-state index in [9.17, 15) is 5.11 Å². The zero-order valence-electron chi connectivity index (χ0n) is 9.84. The minimum Gasteiger partial charge on any atom is -0.506 e. The molecule has 1 aromatic heterocycles. The summed E-state index contributed by atoms with van der Waals surface area (Å²) >= 11 is 7.93. The predicted octanol–water partition coefficient (Wildman–Crippen LogP) is 2.74. The molecule has 0 radical (unpaired) electrons. The Labute approximate surface area is 130 Å². The summed E-state index contributed by atoms with van der Waals surface area (Å²) < 4.78 is 2.65. The van der Waals surface area contributed by atoms with Crippen LogP contribution in [0.5, 0.6) is 5.75 Å². The minimum atomic E-state index is 0.155.